The molecule has 1 N–H and O–H groups in total. The molecule has 2 unspecified atom stereocenters. The predicted molar refractivity (Wildman–Crippen MR) is 60.2 cm³/mol. The number of aliphatic hydroxyl groups is 1. The van der Waals surface area contributed by atoms with Gasteiger partial charge in [0.1, 0.15) is 5.75 Å². The Kier molecular flexibility index (Phi) is 3.05. The van der Waals surface area contributed by atoms with Gasteiger partial charge in [0.2, 0.25) is 0 Å². The Morgan fingerprint density at radius 1 is 1.28 bits per heavy atom. The molecule has 100 valence electrons. The van der Waals surface area contributed by atoms with E-state index in [1.807, 2.05) is 13.8 Å². The summed E-state index contributed by atoms with van der Waals surface area (Å²) in [4.78, 5) is 0. The van der Waals surface area contributed by atoms with Crippen molar-refractivity contribution in [2.24, 2.45) is 11.3 Å². The predicted octanol–water partition coefficient (Wildman–Crippen LogP) is 3.32. The zero-order chi connectivity index (χ0) is 13.6. The van der Waals surface area contributed by atoms with Crippen LogP contribution < -0.4 is 4.74 Å². The van der Waals surface area contributed by atoms with Crippen LogP contribution >= 0.6 is 0 Å². The lowest BCUT2D eigenvalue weighted by atomic mass is 10.0. The quantitative estimate of drug-likeness (QED) is 0.903. The molecule has 0 saturated heterocycles. The molecule has 0 radical (unpaired) electrons. The number of aliphatic hydroxyl groups excluding tert-OH is 1. The van der Waals surface area contributed by atoms with Crippen molar-refractivity contribution in [1.29, 1.82) is 0 Å². The van der Waals surface area contributed by atoms with Crippen LogP contribution in [0.15, 0.2) is 24.3 Å². The molecular weight excluding hydrogens is 245 g/mol. The number of para-hydroxylation sites is 1. The van der Waals surface area contributed by atoms with Crippen LogP contribution in [0.3, 0.4) is 0 Å². The van der Waals surface area contributed by atoms with E-state index in [0.29, 0.717) is 5.56 Å². The van der Waals surface area contributed by atoms with Crippen LogP contribution in [0.5, 0.6) is 5.75 Å². The summed E-state index contributed by atoms with van der Waals surface area (Å²) >= 11 is 0. The van der Waals surface area contributed by atoms with Crippen molar-refractivity contribution in [3.63, 3.8) is 0 Å². The first-order chi connectivity index (χ1) is 8.27. The summed E-state index contributed by atoms with van der Waals surface area (Å²) in [6.45, 7) is 3.84. The molecule has 5 heteroatoms. The lowest BCUT2D eigenvalue weighted by molar-refractivity contribution is -0.274. The molecule has 0 aromatic heterocycles. The number of ether oxygens (including phenoxy) is 1. The summed E-state index contributed by atoms with van der Waals surface area (Å²) in [6, 6.07) is 6.13. The monoisotopic (exact) mass is 260 g/mol. The molecule has 2 atom stereocenters. The van der Waals surface area contributed by atoms with Gasteiger partial charge in [0, 0.05) is 6.61 Å². The molecule has 2 nitrogen and oxygen atoms in total. The van der Waals surface area contributed by atoms with E-state index in [-0.39, 0.29) is 29.6 Å². The first kappa shape index (κ1) is 13.2. The van der Waals surface area contributed by atoms with Gasteiger partial charge >= 0.3 is 6.36 Å². The smallest absolute Gasteiger partial charge is 0.405 e. The topological polar surface area (TPSA) is 29.5 Å². The average molecular weight is 260 g/mol. The number of alkyl halides is 3. The fourth-order valence-corrected chi connectivity index (χ4v) is 2.66. The van der Waals surface area contributed by atoms with Crippen molar-refractivity contribution >= 4 is 0 Å². The molecule has 18 heavy (non-hydrogen) atoms. The summed E-state index contributed by atoms with van der Waals surface area (Å²) in [6.07, 6.45) is -4.69. The summed E-state index contributed by atoms with van der Waals surface area (Å²) in [7, 11) is 0. The molecule has 2 rings (SSSR count). The Bertz CT molecular complexity index is 440. The molecule has 0 heterocycles. The average Bonchev–Trinajstić information content (AvgIpc) is 2.79. The Labute approximate surface area is 103 Å². The van der Waals surface area contributed by atoms with Crippen molar-refractivity contribution in [1.82, 2.24) is 0 Å². The van der Waals surface area contributed by atoms with Crippen LogP contribution in [0.4, 0.5) is 13.2 Å². The number of hydrogen-bond acceptors (Lipinski definition) is 2. The van der Waals surface area contributed by atoms with E-state index in [9.17, 15) is 18.3 Å². The zero-order valence-corrected chi connectivity index (χ0v) is 10.2. The molecule has 0 amide bonds. The van der Waals surface area contributed by atoms with Gasteiger partial charge in [-0.1, -0.05) is 32.0 Å². The lowest BCUT2D eigenvalue weighted by Gasteiger charge is -2.13. The minimum Gasteiger partial charge on any atom is -0.405 e. The van der Waals surface area contributed by atoms with Gasteiger partial charge in [-0.3, -0.25) is 0 Å². The summed E-state index contributed by atoms with van der Waals surface area (Å²) < 4.78 is 41.0. The molecule has 1 aromatic rings. The van der Waals surface area contributed by atoms with Gasteiger partial charge in [0.15, 0.2) is 0 Å². The van der Waals surface area contributed by atoms with Crippen LogP contribution in [-0.2, 0) is 0 Å². The second-order valence-electron chi connectivity index (χ2n) is 5.17. The standard InChI is InChI=1S/C13H15F3O2/c1-12(2)9(7-17)11(12)8-5-3-4-6-10(8)18-13(14,15)16/h3-6,9,11,17H,7H2,1-2H3. The second-order valence-corrected chi connectivity index (χ2v) is 5.17. The number of hydrogen-bond donors (Lipinski definition) is 1. The highest BCUT2D eigenvalue weighted by Gasteiger charge is 2.58. The van der Waals surface area contributed by atoms with Crippen LogP contribution in [0.1, 0.15) is 25.3 Å². The number of rotatable bonds is 3. The third-order valence-electron chi connectivity index (χ3n) is 3.73. The first-order valence-corrected chi connectivity index (χ1v) is 5.73. The van der Waals surface area contributed by atoms with E-state index in [1.54, 1.807) is 12.1 Å². The zero-order valence-electron chi connectivity index (χ0n) is 10.2. The Balaban J connectivity index is 2.30. The van der Waals surface area contributed by atoms with E-state index in [0.717, 1.165) is 0 Å². The third-order valence-corrected chi connectivity index (χ3v) is 3.73. The van der Waals surface area contributed by atoms with Gasteiger partial charge < -0.3 is 9.84 Å². The van der Waals surface area contributed by atoms with Crippen molar-refractivity contribution in [2.75, 3.05) is 6.61 Å². The maximum absolute atomic E-state index is 12.3. The van der Waals surface area contributed by atoms with Crippen molar-refractivity contribution in [3.8, 4) is 5.75 Å². The number of benzene rings is 1. The van der Waals surface area contributed by atoms with E-state index in [2.05, 4.69) is 4.74 Å². The minimum atomic E-state index is -4.69. The summed E-state index contributed by atoms with van der Waals surface area (Å²) in [5.41, 5.74) is 0.318. The first-order valence-electron chi connectivity index (χ1n) is 5.73. The van der Waals surface area contributed by atoms with Gasteiger partial charge in [0.25, 0.3) is 0 Å². The van der Waals surface area contributed by atoms with Crippen molar-refractivity contribution in [2.45, 2.75) is 26.1 Å². The third kappa shape index (κ3) is 2.32. The number of halogens is 3. The normalized spacial score (nSPS) is 25.9. The van der Waals surface area contributed by atoms with Crippen LogP contribution in [0, 0.1) is 11.3 Å². The Morgan fingerprint density at radius 2 is 1.89 bits per heavy atom. The Morgan fingerprint density at radius 3 is 2.39 bits per heavy atom. The molecule has 1 saturated carbocycles. The van der Waals surface area contributed by atoms with Gasteiger partial charge in [-0.05, 0) is 28.9 Å². The molecule has 1 aliphatic carbocycles. The van der Waals surface area contributed by atoms with E-state index in [4.69, 9.17) is 0 Å². The highest BCUT2D eigenvalue weighted by molar-refractivity contribution is 5.42. The largest absolute Gasteiger partial charge is 0.573 e. The maximum atomic E-state index is 12.3. The molecule has 1 aromatic carbocycles. The van der Waals surface area contributed by atoms with E-state index in [1.165, 1.54) is 12.1 Å². The molecular formula is C13H15F3O2. The van der Waals surface area contributed by atoms with Crippen molar-refractivity contribution < 1.29 is 23.0 Å². The fourth-order valence-electron chi connectivity index (χ4n) is 2.66. The summed E-state index contributed by atoms with van der Waals surface area (Å²) in [5.74, 6) is -0.282. The second kappa shape index (κ2) is 4.16. The Hall–Kier alpha value is -1.23. The molecule has 1 aliphatic rings. The molecule has 0 aliphatic heterocycles. The highest BCUT2D eigenvalue weighted by atomic mass is 19.4. The molecule has 0 bridgehead atoms. The minimum absolute atomic E-state index is 0.0181. The van der Waals surface area contributed by atoms with Crippen LogP contribution in [-0.4, -0.2) is 18.1 Å². The van der Waals surface area contributed by atoms with Crippen LogP contribution in [0.2, 0.25) is 0 Å². The molecule has 1 fully saturated rings. The van der Waals surface area contributed by atoms with E-state index >= 15 is 0 Å². The summed E-state index contributed by atoms with van der Waals surface area (Å²) in [5, 5.41) is 9.23. The SMILES string of the molecule is CC1(C)C(CO)C1c1ccccc1OC(F)(F)F. The van der Waals surface area contributed by atoms with E-state index < -0.39 is 6.36 Å². The van der Waals surface area contributed by atoms with Crippen LogP contribution in [0.25, 0.3) is 0 Å². The highest BCUT2D eigenvalue weighted by Crippen LogP contribution is 2.65. The van der Waals surface area contributed by atoms with Gasteiger partial charge in [-0.2, -0.15) is 0 Å². The van der Waals surface area contributed by atoms with Gasteiger partial charge in [-0.25, -0.2) is 0 Å². The van der Waals surface area contributed by atoms with Gasteiger partial charge in [0.05, 0.1) is 0 Å². The van der Waals surface area contributed by atoms with Crippen molar-refractivity contribution in [3.05, 3.63) is 29.8 Å². The lowest BCUT2D eigenvalue weighted by Crippen LogP contribution is -2.18. The fraction of sp³-hybridized carbons (Fsp3) is 0.538. The van der Waals surface area contributed by atoms with Gasteiger partial charge in [-0.15, -0.1) is 13.2 Å². The molecule has 0 spiro atoms. The maximum Gasteiger partial charge on any atom is 0.573 e.